The van der Waals surface area contributed by atoms with Gasteiger partial charge in [-0.05, 0) is 42.3 Å². The molecule has 3 rings (SSSR count). The average Bonchev–Trinajstić information content (AvgIpc) is 3.14. The minimum absolute atomic E-state index is 0.0252. The standard InChI is InChI=1S/C20H21F3N4O4S/c1-32(30,31)27(12-15-5-9-18(28)26-15)16-6-3-14(4-7-16)19(29)25-11-13-2-8-17(24-10-13)20(21,22)23/h2-4,6-8,10,15H,5,9,11-12H2,1H3,(H,25,29)(H,26,28)/t15-/m0/s1. The predicted octanol–water partition coefficient (Wildman–Crippen LogP) is 2.08. The SMILES string of the molecule is CS(=O)(=O)N(C[C@@H]1CCC(=O)N1)c1ccc(C(=O)NCc2ccc(C(F)(F)F)nc2)cc1. The van der Waals surface area contributed by atoms with Crippen LogP contribution >= 0.6 is 0 Å². The summed E-state index contributed by atoms with van der Waals surface area (Å²) in [6.45, 7) is 0.0552. The zero-order chi connectivity index (χ0) is 23.5. The van der Waals surface area contributed by atoms with Crippen LogP contribution in [0.1, 0.15) is 34.5 Å². The number of pyridine rings is 1. The number of carbonyl (C=O) groups excluding carboxylic acids is 2. The molecule has 12 heteroatoms. The molecular formula is C20H21F3N4O4S. The molecule has 1 aromatic carbocycles. The molecule has 0 bridgehead atoms. The van der Waals surface area contributed by atoms with Crippen molar-refractivity contribution in [3.05, 3.63) is 59.4 Å². The summed E-state index contributed by atoms with van der Waals surface area (Å²) in [6, 6.07) is 7.62. The van der Waals surface area contributed by atoms with Crippen molar-refractivity contribution in [2.75, 3.05) is 17.1 Å². The molecule has 2 amide bonds. The summed E-state index contributed by atoms with van der Waals surface area (Å²) >= 11 is 0. The van der Waals surface area contributed by atoms with Crippen LogP contribution in [0.3, 0.4) is 0 Å². The Morgan fingerprint density at radius 3 is 2.41 bits per heavy atom. The van der Waals surface area contributed by atoms with E-state index in [4.69, 9.17) is 0 Å². The van der Waals surface area contributed by atoms with E-state index in [0.717, 1.165) is 18.5 Å². The van der Waals surface area contributed by atoms with Crippen molar-refractivity contribution in [1.82, 2.24) is 15.6 Å². The zero-order valence-corrected chi connectivity index (χ0v) is 17.8. The van der Waals surface area contributed by atoms with E-state index in [1.54, 1.807) is 0 Å². The molecule has 2 N–H and O–H groups in total. The van der Waals surface area contributed by atoms with Crippen LogP contribution in [0.25, 0.3) is 0 Å². The fourth-order valence-electron chi connectivity index (χ4n) is 3.21. The Bertz CT molecular complexity index is 1090. The number of nitrogens with one attached hydrogen (secondary N) is 2. The van der Waals surface area contributed by atoms with Crippen molar-refractivity contribution < 1.29 is 31.2 Å². The summed E-state index contributed by atoms with van der Waals surface area (Å²) in [5, 5.41) is 5.30. The van der Waals surface area contributed by atoms with Gasteiger partial charge in [-0.3, -0.25) is 18.9 Å². The lowest BCUT2D eigenvalue weighted by Crippen LogP contribution is -2.41. The molecule has 0 unspecified atom stereocenters. The molecule has 1 aromatic heterocycles. The van der Waals surface area contributed by atoms with Gasteiger partial charge in [-0.1, -0.05) is 6.07 Å². The Labute approximate surface area is 182 Å². The number of amides is 2. The highest BCUT2D eigenvalue weighted by Crippen LogP contribution is 2.27. The van der Waals surface area contributed by atoms with Gasteiger partial charge in [-0.2, -0.15) is 13.2 Å². The van der Waals surface area contributed by atoms with E-state index in [0.29, 0.717) is 24.1 Å². The summed E-state index contributed by atoms with van der Waals surface area (Å²) in [5.74, 6) is -0.607. The third-order valence-corrected chi connectivity index (χ3v) is 6.02. The highest BCUT2D eigenvalue weighted by atomic mass is 32.2. The average molecular weight is 470 g/mol. The Morgan fingerprint density at radius 1 is 1.22 bits per heavy atom. The van der Waals surface area contributed by atoms with Crippen LogP contribution in [-0.2, 0) is 27.5 Å². The number of alkyl halides is 3. The predicted molar refractivity (Wildman–Crippen MR) is 110 cm³/mol. The van der Waals surface area contributed by atoms with Crippen molar-refractivity contribution in [1.29, 1.82) is 0 Å². The molecule has 0 radical (unpaired) electrons. The Balaban J connectivity index is 1.64. The topological polar surface area (TPSA) is 108 Å². The lowest BCUT2D eigenvalue weighted by atomic mass is 10.1. The normalized spacial score (nSPS) is 16.5. The first-order chi connectivity index (χ1) is 14.9. The zero-order valence-electron chi connectivity index (χ0n) is 17.0. The number of sulfonamides is 1. The van der Waals surface area contributed by atoms with Crippen molar-refractivity contribution in [3.8, 4) is 0 Å². The van der Waals surface area contributed by atoms with Crippen LogP contribution in [-0.4, -0.2) is 44.1 Å². The van der Waals surface area contributed by atoms with Crippen molar-refractivity contribution in [3.63, 3.8) is 0 Å². The van der Waals surface area contributed by atoms with Crippen molar-refractivity contribution in [2.45, 2.75) is 31.6 Å². The van der Waals surface area contributed by atoms with Crippen molar-refractivity contribution >= 4 is 27.5 Å². The van der Waals surface area contributed by atoms with E-state index in [1.165, 1.54) is 34.6 Å². The smallest absolute Gasteiger partial charge is 0.352 e. The number of halogens is 3. The molecule has 8 nitrogen and oxygen atoms in total. The van der Waals surface area contributed by atoms with Crippen LogP contribution < -0.4 is 14.9 Å². The van der Waals surface area contributed by atoms with Gasteiger partial charge >= 0.3 is 6.18 Å². The molecule has 1 atom stereocenters. The Morgan fingerprint density at radius 2 is 1.91 bits per heavy atom. The fourth-order valence-corrected chi connectivity index (χ4v) is 4.16. The van der Waals surface area contributed by atoms with Gasteiger partial charge < -0.3 is 10.6 Å². The van der Waals surface area contributed by atoms with Gasteiger partial charge in [0.05, 0.1) is 18.5 Å². The summed E-state index contributed by atoms with van der Waals surface area (Å²) in [7, 11) is -3.62. The summed E-state index contributed by atoms with van der Waals surface area (Å²) in [4.78, 5) is 27.1. The highest BCUT2D eigenvalue weighted by Gasteiger charge is 2.32. The molecule has 0 saturated carbocycles. The van der Waals surface area contributed by atoms with Gasteiger partial charge in [0.15, 0.2) is 0 Å². The van der Waals surface area contributed by atoms with Gasteiger partial charge in [-0.25, -0.2) is 8.42 Å². The number of hydrogen-bond acceptors (Lipinski definition) is 5. The molecule has 0 spiro atoms. The first-order valence-corrected chi connectivity index (χ1v) is 11.5. The van der Waals surface area contributed by atoms with E-state index in [1.807, 2.05) is 0 Å². The van der Waals surface area contributed by atoms with Gasteiger partial charge in [0.2, 0.25) is 15.9 Å². The van der Waals surface area contributed by atoms with Gasteiger partial charge in [0.25, 0.3) is 5.91 Å². The number of benzene rings is 1. The van der Waals surface area contributed by atoms with Crippen molar-refractivity contribution in [2.24, 2.45) is 0 Å². The molecule has 2 heterocycles. The monoisotopic (exact) mass is 470 g/mol. The number of hydrogen-bond donors (Lipinski definition) is 2. The van der Waals surface area contributed by atoms with Gasteiger partial charge in [0.1, 0.15) is 5.69 Å². The van der Waals surface area contributed by atoms with Crippen LogP contribution in [0.5, 0.6) is 0 Å². The maximum Gasteiger partial charge on any atom is 0.433 e. The third kappa shape index (κ3) is 5.96. The summed E-state index contributed by atoms with van der Waals surface area (Å²) in [6.07, 6.45) is -1.56. The number of anilines is 1. The molecule has 32 heavy (non-hydrogen) atoms. The molecule has 2 aromatic rings. The second kappa shape index (κ2) is 9.15. The van der Waals surface area contributed by atoms with E-state index in [9.17, 15) is 31.2 Å². The largest absolute Gasteiger partial charge is 0.433 e. The number of rotatable bonds is 7. The maximum atomic E-state index is 12.6. The molecule has 1 fully saturated rings. The Kier molecular flexibility index (Phi) is 6.72. The molecule has 1 saturated heterocycles. The second-order valence-electron chi connectivity index (χ2n) is 7.38. The van der Waals surface area contributed by atoms with E-state index < -0.39 is 27.8 Å². The number of nitrogens with zero attached hydrogens (tertiary/aromatic N) is 2. The summed E-state index contributed by atoms with van der Waals surface area (Å²) < 4.78 is 63.3. The molecule has 1 aliphatic heterocycles. The quantitative estimate of drug-likeness (QED) is 0.644. The molecule has 0 aliphatic carbocycles. The van der Waals surface area contributed by atoms with Gasteiger partial charge in [-0.15, -0.1) is 0 Å². The van der Waals surface area contributed by atoms with Crippen LogP contribution in [0.15, 0.2) is 42.6 Å². The summed E-state index contributed by atoms with van der Waals surface area (Å²) in [5.41, 5.74) is -0.0334. The fraction of sp³-hybridized carbons (Fsp3) is 0.350. The minimum Gasteiger partial charge on any atom is -0.352 e. The van der Waals surface area contributed by atoms with Gasteiger partial charge in [0, 0.05) is 30.8 Å². The van der Waals surface area contributed by atoms with Crippen LogP contribution in [0, 0.1) is 0 Å². The van der Waals surface area contributed by atoms with Crippen LogP contribution in [0.4, 0.5) is 18.9 Å². The molecular weight excluding hydrogens is 449 g/mol. The lowest BCUT2D eigenvalue weighted by molar-refractivity contribution is -0.141. The molecule has 1 aliphatic rings. The second-order valence-corrected chi connectivity index (χ2v) is 9.28. The van der Waals surface area contributed by atoms with E-state index in [-0.39, 0.29) is 30.6 Å². The highest BCUT2D eigenvalue weighted by molar-refractivity contribution is 7.92. The molecule has 172 valence electrons. The first kappa shape index (κ1) is 23.5. The third-order valence-electron chi connectivity index (χ3n) is 4.86. The minimum atomic E-state index is -4.53. The van der Waals surface area contributed by atoms with E-state index in [2.05, 4.69) is 15.6 Å². The number of carbonyl (C=O) groups is 2. The first-order valence-electron chi connectivity index (χ1n) is 9.61. The lowest BCUT2D eigenvalue weighted by Gasteiger charge is -2.25. The Hall–Kier alpha value is -3.15. The maximum absolute atomic E-state index is 12.6. The number of aromatic nitrogens is 1. The van der Waals surface area contributed by atoms with Crippen LogP contribution in [0.2, 0.25) is 0 Å². The van der Waals surface area contributed by atoms with E-state index >= 15 is 0 Å².